The van der Waals surface area contributed by atoms with E-state index in [1.807, 2.05) is 103 Å². The molecule has 5 aromatic rings. The summed E-state index contributed by atoms with van der Waals surface area (Å²) in [5, 5.41) is 13.3. The predicted molar refractivity (Wildman–Crippen MR) is 171 cm³/mol. The van der Waals surface area contributed by atoms with Crippen molar-refractivity contribution in [1.29, 1.82) is 0 Å². The molecule has 7 rings (SSSR count). The maximum Gasteiger partial charge on any atom is 0.260 e. The van der Waals surface area contributed by atoms with Crippen molar-refractivity contribution in [2.24, 2.45) is 4.99 Å². The first kappa shape index (κ1) is 29.2. The SMILES string of the molecule is COc1ccc(-c2nc(CN3C(=O)[C@@]4(Cc5ccccc5)N=C(c5ccc(OCCCO)cc5)O[C@H]4c4ccccc43)no2)cc1. The van der Waals surface area contributed by atoms with Crippen molar-refractivity contribution < 1.29 is 28.6 Å². The number of benzene rings is 4. The van der Waals surface area contributed by atoms with Crippen molar-refractivity contribution in [2.45, 2.75) is 31.0 Å². The van der Waals surface area contributed by atoms with Gasteiger partial charge in [-0.05, 0) is 60.2 Å². The number of anilines is 1. The van der Waals surface area contributed by atoms with Gasteiger partial charge < -0.3 is 28.7 Å². The second-order valence-corrected chi connectivity index (χ2v) is 11.1. The van der Waals surface area contributed by atoms with Crippen molar-refractivity contribution in [1.82, 2.24) is 10.1 Å². The van der Waals surface area contributed by atoms with Gasteiger partial charge in [-0.15, -0.1) is 0 Å². The molecule has 1 aromatic heterocycles. The van der Waals surface area contributed by atoms with Crippen LogP contribution >= 0.6 is 0 Å². The highest BCUT2D eigenvalue weighted by Gasteiger charge is 2.58. The zero-order valence-electron chi connectivity index (χ0n) is 25.2. The molecule has 1 amide bonds. The van der Waals surface area contributed by atoms with Gasteiger partial charge in [0.1, 0.15) is 11.5 Å². The van der Waals surface area contributed by atoms with Crippen LogP contribution in [0.25, 0.3) is 11.5 Å². The summed E-state index contributed by atoms with van der Waals surface area (Å²) in [6.07, 6.45) is 0.229. The first-order valence-corrected chi connectivity index (χ1v) is 15.1. The highest BCUT2D eigenvalue weighted by Crippen LogP contribution is 2.50. The molecule has 1 N–H and O–H groups in total. The van der Waals surface area contributed by atoms with Crippen LogP contribution in [-0.2, 0) is 22.5 Å². The van der Waals surface area contributed by atoms with Gasteiger partial charge in [0.2, 0.25) is 5.90 Å². The minimum atomic E-state index is -1.27. The summed E-state index contributed by atoms with van der Waals surface area (Å²) >= 11 is 0. The average molecular weight is 617 g/mol. The summed E-state index contributed by atoms with van der Waals surface area (Å²) in [5.41, 5.74) is 2.72. The lowest BCUT2D eigenvalue weighted by atomic mass is 9.78. The zero-order valence-corrected chi connectivity index (χ0v) is 25.2. The number of aliphatic imine (C=N–C) groups is 1. The Morgan fingerprint density at radius 2 is 1.61 bits per heavy atom. The van der Waals surface area contributed by atoms with Crippen LogP contribution in [0.3, 0.4) is 0 Å². The lowest BCUT2D eigenvalue weighted by Gasteiger charge is -2.41. The molecule has 10 nitrogen and oxygen atoms in total. The molecular formula is C36H32N4O6. The number of hydrogen-bond acceptors (Lipinski definition) is 9. The van der Waals surface area contributed by atoms with E-state index in [4.69, 9.17) is 28.8 Å². The van der Waals surface area contributed by atoms with Gasteiger partial charge in [0, 0.05) is 36.1 Å². The van der Waals surface area contributed by atoms with Crippen LogP contribution in [0.1, 0.15) is 35.0 Å². The third-order valence-electron chi connectivity index (χ3n) is 8.18. The van der Waals surface area contributed by atoms with Crippen LogP contribution in [0.4, 0.5) is 5.69 Å². The van der Waals surface area contributed by atoms with E-state index in [1.54, 1.807) is 12.0 Å². The monoisotopic (exact) mass is 616 g/mol. The number of rotatable bonds is 11. The Hall–Kier alpha value is -5.48. The van der Waals surface area contributed by atoms with Crippen LogP contribution in [0.5, 0.6) is 11.5 Å². The van der Waals surface area contributed by atoms with E-state index < -0.39 is 11.6 Å². The molecule has 0 saturated heterocycles. The molecular weight excluding hydrogens is 584 g/mol. The third-order valence-corrected chi connectivity index (χ3v) is 8.18. The smallest absolute Gasteiger partial charge is 0.260 e. The number of aromatic nitrogens is 2. The van der Waals surface area contributed by atoms with Crippen molar-refractivity contribution in [3.8, 4) is 23.0 Å². The second kappa shape index (κ2) is 12.5. The number of ether oxygens (including phenoxy) is 3. The molecule has 0 saturated carbocycles. The molecule has 0 bridgehead atoms. The summed E-state index contributed by atoms with van der Waals surface area (Å²) in [4.78, 5) is 26.2. The molecule has 46 heavy (non-hydrogen) atoms. The Labute approximate surface area is 265 Å². The predicted octanol–water partition coefficient (Wildman–Crippen LogP) is 5.55. The van der Waals surface area contributed by atoms with E-state index in [1.165, 1.54) is 0 Å². The first-order valence-electron chi connectivity index (χ1n) is 15.1. The maximum atomic E-state index is 14.8. The number of amides is 1. The minimum absolute atomic E-state index is 0.0662. The quantitative estimate of drug-likeness (QED) is 0.192. The van der Waals surface area contributed by atoms with Crippen molar-refractivity contribution in [3.63, 3.8) is 0 Å². The lowest BCUT2D eigenvalue weighted by Crippen LogP contribution is -2.55. The van der Waals surface area contributed by atoms with Gasteiger partial charge in [-0.2, -0.15) is 4.98 Å². The molecule has 2 aliphatic heterocycles. The summed E-state index contributed by atoms with van der Waals surface area (Å²) in [6, 6.07) is 32.3. The molecule has 2 atom stereocenters. The van der Waals surface area contributed by atoms with Gasteiger partial charge in [0.05, 0.1) is 25.9 Å². The Bertz CT molecular complexity index is 1860. The van der Waals surface area contributed by atoms with E-state index in [-0.39, 0.29) is 19.1 Å². The van der Waals surface area contributed by atoms with Gasteiger partial charge in [-0.1, -0.05) is 53.7 Å². The fraction of sp³-hybridized carbons (Fsp3) is 0.222. The fourth-order valence-corrected chi connectivity index (χ4v) is 5.92. The van der Waals surface area contributed by atoms with E-state index in [0.717, 1.165) is 28.0 Å². The van der Waals surface area contributed by atoms with Crippen LogP contribution in [0.2, 0.25) is 0 Å². The van der Waals surface area contributed by atoms with E-state index in [2.05, 4.69) is 10.1 Å². The number of aliphatic hydroxyl groups is 1. The number of aliphatic hydroxyl groups excluding tert-OH is 1. The number of fused-ring (bicyclic) bond motifs is 3. The number of methoxy groups -OCH3 is 1. The maximum absolute atomic E-state index is 14.8. The van der Waals surface area contributed by atoms with Gasteiger partial charge in [0.25, 0.3) is 11.8 Å². The molecule has 0 spiro atoms. The molecule has 0 unspecified atom stereocenters. The van der Waals surface area contributed by atoms with Crippen molar-refractivity contribution in [3.05, 3.63) is 126 Å². The highest BCUT2D eigenvalue weighted by atomic mass is 16.5. The Balaban J connectivity index is 1.25. The number of carbonyl (C=O) groups excluding carboxylic acids is 1. The summed E-state index contributed by atoms with van der Waals surface area (Å²) in [7, 11) is 1.61. The van der Waals surface area contributed by atoms with Crippen molar-refractivity contribution in [2.75, 3.05) is 25.2 Å². The summed E-state index contributed by atoms with van der Waals surface area (Å²) in [6.45, 7) is 0.568. The molecule has 3 heterocycles. The minimum Gasteiger partial charge on any atom is -0.497 e. The molecule has 0 radical (unpaired) electrons. The Kier molecular flexibility index (Phi) is 7.94. The van der Waals surface area contributed by atoms with Gasteiger partial charge in [0.15, 0.2) is 17.5 Å². The lowest BCUT2D eigenvalue weighted by molar-refractivity contribution is -0.127. The molecule has 10 heteroatoms. The van der Waals surface area contributed by atoms with E-state index in [9.17, 15) is 4.79 Å². The van der Waals surface area contributed by atoms with Crippen LogP contribution in [0, 0.1) is 0 Å². The second-order valence-electron chi connectivity index (χ2n) is 11.1. The molecule has 0 fully saturated rings. The van der Waals surface area contributed by atoms with Gasteiger partial charge >= 0.3 is 0 Å². The average Bonchev–Trinajstić information content (AvgIpc) is 3.74. The molecule has 232 valence electrons. The summed E-state index contributed by atoms with van der Waals surface area (Å²) in [5.74, 6) is 2.28. The van der Waals surface area contributed by atoms with Crippen LogP contribution < -0.4 is 14.4 Å². The van der Waals surface area contributed by atoms with Crippen LogP contribution in [-0.4, -0.2) is 52.9 Å². The fourth-order valence-electron chi connectivity index (χ4n) is 5.92. The standard InChI is InChI=1S/C36H32N4O6/c1-43-27-16-12-25(13-17-27)33-37-31(39-46-33)23-40-30-11-6-5-10-29(30)32-36(35(40)42,22-24-8-3-2-4-9-24)38-34(45-32)26-14-18-28(19-15-26)44-21-7-20-41/h2-6,8-19,32,41H,7,20-23H2,1H3/t32-,36-/m0/s1. The first-order chi connectivity index (χ1) is 22.6. The molecule has 0 aliphatic carbocycles. The molecule has 4 aromatic carbocycles. The van der Waals surface area contributed by atoms with Gasteiger partial charge in [-0.3, -0.25) is 4.79 Å². The normalized spacial score (nSPS) is 18.4. The largest absolute Gasteiger partial charge is 0.497 e. The number of para-hydroxylation sites is 1. The number of nitrogens with zero attached hydrogens (tertiary/aromatic N) is 4. The topological polar surface area (TPSA) is 120 Å². The van der Waals surface area contributed by atoms with Crippen molar-refractivity contribution >= 4 is 17.5 Å². The van der Waals surface area contributed by atoms with E-state index in [0.29, 0.717) is 48.5 Å². The highest BCUT2D eigenvalue weighted by molar-refractivity contribution is 6.09. The Morgan fingerprint density at radius 3 is 2.37 bits per heavy atom. The molecule has 2 aliphatic rings. The summed E-state index contributed by atoms with van der Waals surface area (Å²) < 4.78 is 23.2. The van der Waals surface area contributed by atoms with E-state index >= 15 is 0 Å². The number of carbonyl (C=O) groups is 1. The Morgan fingerprint density at radius 1 is 0.891 bits per heavy atom. The zero-order chi connectivity index (χ0) is 31.5. The van der Waals surface area contributed by atoms with Crippen LogP contribution in [0.15, 0.2) is 113 Å². The van der Waals surface area contributed by atoms with Gasteiger partial charge in [-0.25, -0.2) is 4.99 Å². The third kappa shape index (κ3) is 5.48. The number of hydrogen-bond donors (Lipinski definition) is 1.